The van der Waals surface area contributed by atoms with Gasteiger partial charge in [-0.25, -0.2) is 8.42 Å². The Morgan fingerprint density at radius 2 is 2.05 bits per heavy atom. The molecule has 1 saturated heterocycles. The molecule has 2 rings (SSSR count). The standard InChI is InChI=1S/C15H22ClNO2S/c1-12-7-8-15(10-14(12)11-16)20(18,19)17-9-5-3-4-6-13(17)2/h7-8,10,13H,3-6,9,11H2,1-2H3. The third kappa shape index (κ3) is 3.18. The summed E-state index contributed by atoms with van der Waals surface area (Å²) in [4.78, 5) is 0.368. The lowest BCUT2D eigenvalue weighted by Crippen LogP contribution is -2.38. The van der Waals surface area contributed by atoms with Crippen molar-refractivity contribution in [2.45, 2.75) is 56.3 Å². The van der Waals surface area contributed by atoms with Crippen molar-refractivity contribution in [2.24, 2.45) is 0 Å². The lowest BCUT2D eigenvalue weighted by Gasteiger charge is -2.26. The molecule has 112 valence electrons. The van der Waals surface area contributed by atoms with Crippen molar-refractivity contribution in [2.75, 3.05) is 6.54 Å². The van der Waals surface area contributed by atoms with Crippen LogP contribution in [-0.2, 0) is 15.9 Å². The molecule has 5 heteroatoms. The number of benzene rings is 1. The summed E-state index contributed by atoms with van der Waals surface area (Å²) < 4.78 is 27.3. The second-order valence-electron chi connectivity index (χ2n) is 5.54. The number of hydrogen-bond donors (Lipinski definition) is 0. The Morgan fingerprint density at radius 1 is 1.30 bits per heavy atom. The maximum atomic E-state index is 12.8. The van der Waals surface area contributed by atoms with Gasteiger partial charge in [-0.15, -0.1) is 11.6 Å². The normalized spacial score (nSPS) is 21.6. The highest BCUT2D eigenvalue weighted by atomic mass is 35.5. The summed E-state index contributed by atoms with van der Waals surface area (Å²) in [7, 11) is -3.41. The SMILES string of the molecule is Cc1ccc(S(=O)(=O)N2CCCCCC2C)cc1CCl. The summed E-state index contributed by atoms with van der Waals surface area (Å²) in [6, 6.07) is 5.32. The van der Waals surface area contributed by atoms with Gasteiger partial charge in [0.1, 0.15) is 0 Å². The minimum Gasteiger partial charge on any atom is -0.207 e. The van der Waals surface area contributed by atoms with Gasteiger partial charge in [0.2, 0.25) is 10.0 Å². The zero-order valence-corrected chi connectivity index (χ0v) is 13.7. The maximum Gasteiger partial charge on any atom is 0.243 e. The topological polar surface area (TPSA) is 37.4 Å². The lowest BCUT2D eigenvalue weighted by atomic mass is 10.1. The molecule has 1 fully saturated rings. The van der Waals surface area contributed by atoms with Crippen molar-refractivity contribution >= 4 is 21.6 Å². The zero-order chi connectivity index (χ0) is 14.8. The number of nitrogens with zero attached hydrogens (tertiary/aromatic N) is 1. The van der Waals surface area contributed by atoms with Crippen molar-refractivity contribution in [1.82, 2.24) is 4.31 Å². The van der Waals surface area contributed by atoms with Gasteiger partial charge in [-0.1, -0.05) is 18.9 Å². The summed E-state index contributed by atoms with van der Waals surface area (Å²) in [5, 5.41) is 0. The fourth-order valence-electron chi connectivity index (χ4n) is 2.69. The second-order valence-corrected chi connectivity index (χ2v) is 7.69. The van der Waals surface area contributed by atoms with Crippen LogP contribution in [0.2, 0.25) is 0 Å². The molecule has 1 aromatic carbocycles. The number of hydrogen-bond acceptors (Lipinski definition) is 2. The summed E-state index contributed by atoms with van der Waals surface area (Å²) in [5.74, 6) is 0.338. The van der Waals surface area contributed by atoms with Gasteiger partial charge in [0.25, 0.3) is 0 Å². The third-order valence-corrected chi connectivity index (χ3v) is 6.36. The van der Waals surface area contributed by atoms with E-state index in [0.717, 1.165) is 36.8 Å². The fraction of sp³-hybridized carbons (Fsp3) is 0.600. The van der Waals surface area contributed by atoms with Crippen LogP contribution in [0.15, 0.2) is 23.1 Å². The molecule has 0 N–H and O–H groups in total. The molecule has 1 atom stereocenters. The highest BCUT2D eigenvalue weighted by Crippen LogP contribution is 2.26. The average Bonchev–Trinajstić information content (AvgIpc) is 2.64. The van der Waals surface area contributed by atoms with E-state index >= 15 is 0 Å². The molecule has 1 aliphatic rings. The van der Waals surface area contributed by atoms with Crippen LogP contribution in [0.25, 0.3) is 0 Å². The van der Waals surface area contributed by atoms with Crippen LogP contribution >= 0.6 is 11.6 Å². The van der Waals surface area contributed by atoms with E-state index in [0.29, 0.717) is 17.3 Å². The molecule has 0 radical (unpaired) electrons. The number of rotatable bonds is 3. The van der Waals surface area contributed by atoms with E-state index in [9.17, 15) is 8.42 Å². The molecule has 0 aromatic heterocycles. The number of sulfonamides is 1. The first kappa shape index (κ1) is 15.8. The monoisotopic (exact) mass is 315 g/mol. The van der Waals surface area contributed by atoms with E-state index in [1.807, 2.05) is 19.9 Å². The molecule has 20 heavy (non-hydrogen) atoms. The van der Waals surface area contributed by atoms with Gasteiger partial charge in [0.05, 0.1) is 4.90 Å². The van der Waals surface area contributed by atoms with Crippen LogP contribution in [-0.4, -0.2) is 25.3 Å². The van der Waals surface area contributed by atoms with E-state index in [-0.39, 0.29) is 6.04 Å². The van der Waals surface area contributed by atoms with E-state index < -0.39 is 10.0 Å². The first-order chi connectivity index (χ1) is 9.46. The number of alkyl halides is 1. The quantitative estimate of drug-likeness (QED) is 0.798. The zero-order valence-electron chi connectivity index (χ0n) is 12.1. The van der Waals surface area contributed by atoms with Crippen LogP contribution in [0.5, 0.6) is 0 Å². The fourth-order valence-corrected chi connectivity index (χ4v) is 4.73. The molecule has 1 aromatic rings. The molecule has 1 aliphatic heterocycles. The highest BCUT2D eigenvalue weighted by molar-refractivity contribution is 7.89. The van der Waals surface area contributed by atoms with Crippen molar-refractivity contribution in [3.8, 4) is 0 Å². The Morgan fingerprint density at radius 3 is 2.75 bits per heavy atom. The molecule has 3 nitrogen and oxygen atoms in total. The van der Waals surface area contributed by atoms with Gasteiger partial charge in [0, 0.05) is 18.5 Å². The molecular formula is C15H22ClNO2S. The Labute approximate surface area is 127 Å². The highest BCUT2D eigenvalue weighted by Gasteiger charge is 2.30. The van der Waals surface area contributed by atoms with Gasteiger partial charge in [-0.2, -0.15) is 4.31 Å². The smallest absolute Gasteiger partial charge is 0.207 e. The predicted octanol–water partition coefficient (Wildman–Crippen LogP) is 3.69. The third-order valence-electron chi connectivity index (χ3n) is 4.06. The van der Waals surface area contributed by atoms with Crippen molar-refractivity contribution < 1.29 is 8.42 Å². The molecule has 0 saturated carbocycles. The lowest BCUT2D eigenvalue weighted by molar-refractivity contribution is 0.342. The minimum absolute atomic E-state index is 0.0725. The van der Waals surface area contributed by atoms with Crippen molar-refractivity contribution in [1.29, 1.82) is 0 Å². The van der Waals surface area contributed by atoms with Crippen LogP contribution in [0, 0.1) is 6.92 Å². The Bertz CT molecular complexity index is 571. The molecule has 0 spiro atoms. The van der Waals surface area contributed by atoms with Gasteiger partial charge < -0.3 is 0 Å². The largest absolute Gasteiger partial charge is 0.243 e. The Balaban J connectivity index is 2.38. The summed E-state index contributed by atoms with van der Waals surface area (Å²) in [5.41, 5.74) is 1.91. The van der Waals surface area contributed by atoms with E-state index in [2.05, 4.69) is 0 Å². The Kier molecular flexibility index (Phi) is 5.10. The Hall–Kier alpha value is -0.580. The average molecular weight is 316 g/mol. The second kappa shape index (κ2) is 6.46. The molecule has 0 amide bonds. The van der Waals surface area contributed by atoms with Gasteiger partial charge in [-0.05, 0) is 49.9 Å². The summed E-state index contributed by atoms with van der Waals surface area (Å²) >= 11 is 5.89. The minimum atomic E-state index is -3.41. The molecule has 0 aliphatic carbocycles. The van der Waals surface area contributed by atoms with Crippen LogP contribution in [0.3, 0.4) is 0 Å². The van der Waals surface area contributed by atoms with E-state index in [1.54, 1.807) is 16.4 Å². The number of halogens is 1. The van der Waals surface area contributed by atoms with E-state index in [4.69, 9.17) is 11.6 Å². The predicted molar refractivity (Wildman–Crippen MR) is 82.6 cm³/mol. The van der Waals surface area contributed by atoms with Gasteiger partial charge in [0.15, 0.2) is 0 Å². The maximum absolute atomic E-state index is 12.8. The molecular weight excluding hydrogens is 294 g/mol. The number of aryl methyl sites for hydroxylation is 1. The van der Waals surface area contributed by atoms with Crippen molar-refractivity contribution in [3.05, 3.63) is 29.3 Å². The van der Waals surface area contributed by atoms with Crippen molar-refractivity contribution in [3.63, 3.8) is 0 Å². The molecule has 1 unspecified atom stereocenters. The van der Waals surface area contributed by atoms with Gasteiger partial charge in [-0.3, -0.25) is 0 Å². The summed E-state index contributed by atoms with van der Waals surface area (Å²) in [6.45, 7) is 4.57. The molecule has 1 heterocycles. The van der Waals surface area contributed by atoms with Crippen LogP contribution in [0.4, 0.5) is 0 Å². The summed E-state index contributed by atoms with van der Waals surface area (Å²) in [6.07, 6.45) is 4.09. The van der Waals surface area contributed by atoms with E-state index in [1.165, 1.54) is 0 Å². The first-order valence-electron chi connectivity index (χ1n) is 7.14. The van der Waals surface area contributed by atoms with Crippen LogP contribution < -0.4 is 0 Å². The van der Waals surface area contributed by atoms with Gasteiger partial charge >= 0.3 is 0 Å². The van der Waals surface area contributed by atoms with Crippen LogP contribution in [0.1, 0.15) is 43.7 Å². The first-order valence-corrected chi connectivity index (χ1v) is 9.11. The molecule has 0 bridgehead atoms.